The monoisotopic (exact) mass is 306 g/mol. The van der Waals surface area contributed by atoms with Gasteiger partial charge in [0.05, 0.1) is 18.6 Å². The molecule has 0 spiro atoms. The van der Waals surface area contributed by atoms with Gasteiger partial charge in [-0.15, -0.1) is 0 Å². The Labute approximate surface area is 137 Å². The number of rotatable bonds is 1. The predicted octanol–water partition coefficient (Wildman–Crippen LogP) is 4.75. The van der Waals surface area contributed by atoms with E-state index >= 15 is 0 Å². The van der Waals surface area contributed by atoms with E-state index in [2.05, 4.69) is 63.2 Å². The number of hydrogen-bond acceptors (Lipinski definition) is 2. The van der Waals surface area contributed by atoms with Gasteiger partial charge in [-0.2, -0.15) is 0 Å². The van der Waals surface area contributed by atoms with Crippen LogP contribution in [0.25, 0.3) is 0 Å². The van der Waals surface area contributed by atoms with E-state index in [1.165, 1.54) is 27.8 Å². The van der Waals surface area contributed by atoms with Gasteiger partial charge in [0.2, 0.25) is 5.79 Å². The van der Waals surface area contributed by atoms with Crippen molar-refractivity contribution in [2.45, 2.75) is 45.0 Å². The first-order chi connectivity index (χ1) is 11.0. The Hall–Kier alpha value is -1.64. The Morgan fingerprint density at radius 3 is 2.43 bits per heavy atom. The molecule has 0 aromatic heterocycles. The van der Waals surface area contributed by atoms with Crippen molar-refractivity contribution in [3.05, 3.63) is 70.3 Å². The molecular formula is C21H22O2. The van der Waals surface area contributed by atoms with Crippen molar-refractivity contribution in [1.29, 1.82) is 0 Å². The lowest BCUT2D eigenvalue weighted by Gasteiger charge is -2.53. The van der Waals surface area contributed by atoms with Crippen LogP contribution in [0.2, 0.25) is 0 Å². The largest absolute Gasteiger partial charge is 0.345 e. The van der Waals surface area contributed by atoms with Crippen LogP contribution in [0.4, 0.5) is 0 Å². The molecule has 2 aromatic rings. The fourth-order valence-electron chi connectivity index (χ4n) is 5.17. The van der Waals surface area contributed by atoms with Gasteiger partial charge in [0, 0.05) is 11.0 Å². The van der Waals surface area contributed by atoms with E-state index in [-0.39, 0.29) is 17.4 Å². The maximum Gasteiger partial charge on any atom is 0.203 e. The van der Waals surface area contributed by atoms with Gasteiger partial charge < -0.3 is 9.47 Å². The second kappa shape index (κ2) is 4.25. The van der Waals surface area contributed by atoms with Crippen LogP contribution in [0.1, 0.15) is 53.2 Å². The summed E-state index contributed by atoms with van der Waals surface area (Å²) >= 11 is 0. The van der Waals surface area contributed by atoms with Crippen molar-refractivity contribution in [2.24, 2.45) is 5.41 Å². The van der Waals surface area contributed by atoms with Gasteiger partial charge >= 0.3 is 0 Å². The van der Waals surface area contributed by atoms with E-state index in [0.29, 0.717) is 0 Å². The van der Waals surface area contributed by atoms with Crippen molar-refractivity contribution in [3.8, 4) is 0 Å². The van der Waals surface area contributed by atoms with E-state index in [1.807, 2.05) is 0 Å². The predicted molar refractivity (Wildman–Crippen MR) is 89.3 cm³/mol. The molecule has 0 saturated carbocycles. The molecule has 2 saturated heterocycles. The third-order valence-electron chi connectivity index (χ3n) is 5.94. The van der Waals surface area contributed by atoms with Crippen LogP contribution in [-0.2, 0) is 15.3 Å². The van der Waals surface area contributed by atoms with Gasteiger partial charge in [0.25, 0.3) is 0 Å². The summed E-state index contributed by atoms with van der Waals surface area (Å²) < 4.78 is 13.1. The Bertz CT molecular complexity index is 791. The van der Waals surface area contributed by atoms with Crippen LogP contribution in [-0.4, -0.2) is 6.61 Å². The molecule has 2 nitrogen and oxygen atoms in total. The third kappa shape index (κ3) is 1.66. The second-order valence-corrected chi connectivity index (χ2v) is 7.86. The molecule has 0 N–H and O–H groups in total. The Kier molecular flexibility index (Phi) is 2.55. The van der Waals surface area contributed by atoms with E-state index in [1.54, 1.807) is 0 Å². The molecule has 4 bridgehead atoms. The maximum atomic E-state index is 6.63. The van der Waals surface area contributed by atoms with Crippen LogP contribution in [0.5, 0.6) is 0 Å². The Morgan fingerprint density at radius 2 is 1.70 bits per heavy atom. The minimum absolute atomic E-state index is 0.143. The first-order valence-electron chi connectivity index (χ1n) is 8.51. The van der Waals surface area contributed by atoms with Gasteiger partial charge in [-0.25, -0.2) is 0 Å². The summed E-state index contributed by atoms with van der Waals surface area (Å²) in [5.41, 5.74) is 6.67. The molecule has 4 atom stereocenters. The van der Waals surface area contributed by atoms with Crippen molar-refractivity contribution in [3.63, 3.8) is 0 Å². The summed E-state index contributed by atoms with van der Waals surface area (Å²) in [5.74, 6) is -0.333. The normalized spacial score (nSPS) is 37.0. The SMILES string of the molecule is Cc1cc(C)cc([C@@]23OC[C@@]4(C)C[C@@H](O2)c2ccccc2[C@H]43)c1. The highest BCUT2D eigenvalue weighted by molar-refractivity contribution is 5.46. The molecule has 4 aliphatic rings. The number of benzene rings is 2. The van der Waals surface area contributed by atoms with E-state index in [0.717, 1.165) is 13.0 Å². The standard InChI is InChI=1S/C21H22O2/c1-13-8-14(2)10-15(9-13)21-19-17-7-5-4-6-16(17)18(23-21)11-20(19,3)12-22-21/h4-10,18-19H,11-12H2,1-3H3/t18-,19-,20-,21-/m1/s1. The van der Waals surface area contributed by atoms with Crippen LogP contribution in [0, 0.1) is 19.3 Å². The Balaban J connectivity index is 1.77. The first-order valence-corrected chi connectivity index (χ1v) is 8.51. The van der Waals surface area contributed by atoms with Crippen molar-refractivity contribution >= 4 is 0 Å². The molecule has 2 heteroatoms. The summed E-state index contributed by atoms with van der Waals surface area (Å²) in [5, 5.41) is 0. The van der Waals surface area contributed by atoms with Crippen molar-refractivity contribution in [2.75, 3.05) is 6.61 Å². The maximum absolute atomic E-state index is 6.63. The lowest BCUT2D eigenvalue weighted by Crippen LogP contribution is -2.49. The van der Waals surface area contributed by atoms with Crippen molar-refractivity contribution in [1.82, 2.24) is 0 Å². The molecule has 1 aliphatic carbocycles. The van der Waals surface area contributed by atoms with Crippen molar-refractivity contribution < 1.29 is 9.47 Å². The molecule has 6 rings (SSSR count). The minimum Gasteiger partial charge on any atom is -0.345 e. The number of ether oxygens (including phenoxy) is 2. The first kappa shape index (κ1) is 13.8. The van der Waals surface area contributed by atoms with E-state index in [4.69, 9.17) is 9.47 Å². The van der Waals surface area contributed by atoms with Gasteiger partial charge in [0.1, 0.15) is 0 Å². The smallest absolute Gasteiger partial charge is 0.203 e. The molecule has 2 aromatic carbocycles. The average molecular weight is 306 g/mol. The summed E-state index contributed by atoms with van der Waals surface area (Å²) in [7, 11) is 0. The molecule has 0 unspecified atom stereocenters. The fraction of sp³-hybridized carbons (Fsp3) is 0.429. The van der Waals surface area contributed by atoms with Crippen LogP contribution >= 0.6 is 0 Å². The van der Waals surface area contributed by atoms with Crippen LogP contribution in [0.3, 0.4) is 0 Å². The molecule has 118 valence electrons. The van der Waals surface area contributed by atoms with Crippen LogP contribution < -0.4 is 0 Å². The topological polar surface area (TPSA) is 18.5 Å². The molecule has 2 fully saturated rings. The van der Waals surface area contributed by atoms with Crippen LogP contribution in [0.15, 0.2) is 42.5 Å². The van der Waals surface area contributed by atoms with Gasteiger partial charge in [-0.3, -0.25) is 0 Å². The zero-order valence-corrected chi connectivity index (χ0v) is 13.9. The number of hydrogen-bond donors (Lipinski definition) is 0. The molecule has 23 heavy (non-hydrogen) atoms. The molecule has 0 amide bonds. The van der Waals surface area contributed by atoms with Gasteiger partial charge in [0.15, 0.2) is 0 Å². The lowest BCUT2D eigenvalue weighted by molar-refractivity contribution is -0.275. The van der Waals surface area contributed by atoms with E-state index in [9.17, 15) is 0 Å². The summed E-state index contributed by atoms with van der Waals surface area (Å²) in [6.07, 6.45) is 1.20. The van der Waals surface area contributed by atoms with Gasteiger partial charge in [-0.05, 0) is 31.4 Å². The summed E-state index contributed by atoms with van der Waals surface area (Å²) in [6, 6.07) is 15.5. The average Bonchev–Trinajstić information content (AvgIpc) is 2.74. The minimum atomic E-state index is -0.608. The zero-order valence-electron chi connectivity index (χ0n) is 13.9. The number of aryl methyl sites for hydroxylation is 2. The highest BCUT2D eigenvalue weighted by Crippen LogP contribution is 2.69. The second-order valence-electron chi connectivity index (χ2n) is 7.86. The zero-order chi connectivity index (χ0) is 15.8. The molecule has 3 heterocycles. The summed E-state index contributed by atoms with van der Waals surface area (Å²) in [6.45, 7) is 7.44. The fourth-order valence-corrected chi connectivity index (χ4v) is 5.17. The quantitative estimate of drug-likeness (QED) is 0.757. The molecule has 3 aliphatic heterocycles. The molecular weight excluding hydrogens is 284 g/mol. The highest BCUT2D eigenvalue weighted by Gasteiger charge is 2.67. The highest BCUT2D eigenvalue weighted by atomic mass is 16.7. The van der Waals surface area contributed by atoms with E-state index < -0.39 is 5.79 Å². The lowest BCUT2D eigenvalue weighted by atomic mass is 9.60. The Morgan fingerprint density at radius 1 is 1.00 bits per heavy atom. The summed E-state index contributed by atoms with van der Waals surface area (Å²) in [4.78, 5) is 0. The molecule has 0 radical (unpaired) electrons. The van der Waals surface area contributed by atoms with Gasteiger partial charge in [-0.1, -0.05) is 60.5 Å². The third-order valence-corrected chi connectivity index (χ3v) is 5.94.